The van der Waals surface area contributed by atoms with Gasteiger partial charge in [0, 0.05) is 57.2 Å². The zero-order valence-electron chi connectivity index (χ0n) is 16.1. The van der Waals surface area contributed by atoms with Crippen LogP contribution in [0.2, 0.25) is 0 Å². The molecule has 3 heterocycles. The maximum Gasteiger partial charge on any atom is 0.228 e. The maximum absolute atomic E-state index is 13.0. The fourth-order valence-corrected chi connectivity index (χ4v) is 3.87. The number of hydrogen-bond acceptors (Lipinski definition) is 5. The van der Waals surface area contributed by atoms with Gasteiger partial charge in [0.15, 0.2) is 0 Å². The van der Waals surface area contributed by atoms with Crippen molar-refractivity contribution in [2.45, 2.75) is 19.8 Å². The van der Waals surface area contributed by atoms with Crippen molar-refractivity contribution in [2.24, 2.45) is 5.92 Å². The van der Waals surface area contributed by atoms with Crippen LogP contribution in [0.1, 0.15) is 18.9 Å². The maximum atomic E-state index is 13.0. The van der Waals surface area contributed by atoms with Gasteiger partial charge in [0.05, 0.1) is 5.92 Å². The number of carbonyl (C=O) groups is 2. The third kappa shape index (κ3) is 3.69. The predicted octanol–water partition coefficient (Wildman–Crippen LogP) is 1.74. The van der Waals surface area contributed by atoms with Crippen LogP contribution in [-0.2, 0) is 16.0 Å². The molecule has 28 heavy (non-hydrogen) atoms. The second-order valence-corrected chi connectivity index (χ2v) is 7.29. The minimum absolute atomic E-state index is 0.0268. The first-order valence-electron chi connectivity index (χ1n) is 9.85. The van der Waals surface area contributed by atoms with E-state index in [-0.39, 0.29) is 24.2 Å². The van der Waals surface area contributed by atoms with E-state index in [1.807, 2.05) is 29.2 Å². The zero-order chi connectivity index (χ0) is 19.5. The number of aromatic nitrogens is 2. The number of piperazine rings is 1. The van der Waals surface area contributed by atoms with E-state index >= 15 is 0 Å². The topological polar surface area (TPSA) is 69.6 Å². The van der Waals surface area contributed by atoms with E-state index in [0.29, 0.717) is 38.7 Å². The van der Waals surface area contributed by atoms with E-state index in [4.69, 9.17) is 0 Å². The average molecular weight is 379 g/mol. The lowest BCUT2D eigenvalue weighted by Gasteiger charge is -2.35. The molecular weight excluding hydrogens is 354 g/mol. The standard InChI is InChI=1S/C21H25N5O2/c1-2-16-4-6-18(7-5-16)26-15-17(14-19(26)27)20(28)24-10-12-25(13-11-24)21-22-8-3-9-23-21/h3-9,17H,2,10-15H2,1H3. The SMILES string of the molecule is CCc1ccc(N2CC(C(=O)N3CCN(c4ncccn4)CC3)CC2=O)cc1. The molecule has 1 unspecified atom stereocenters. The van der Waals surface area contributed by atoms with Gasteiger partial charge in [-0.3, -0.25) is 9.59 Å². The van der Waals surface area contributed by atoms with Crippen molar-refractivity contribution in [1.29, 1.82) is 0 Å². The Bertz CT molecular complexity index is 832. The number of amides is 2. The molecule has 2 aromatic rings. The van der Waals surface area contributed by atoms with Crippen molar-refractivity contribution < 1.29 is 9.59 Å². The minimum Gasteiger partial charge on any atom is -0.339 e. The summed E-state index contributed by atoms with van der Waals surface area (Å²) in [6.07, 6.45) is 4.71. The Kier molecular flexibility index (Phi) is 5.23. The number of rotatable bonds is 4. The van der Waals surface area contributed by atoms with Gasteiger partial charge in [-0.1, -0.05) is 19.1 Å². The van der Waals surface area contributed by atoms with Gasteiger partial charge >= 0.3 is 0 Å². The van der Waals surface area contributed by atoms with Crippen LogP contribution in [0.5, 0.6) is 0 Å². The van der Waals surface area contributed by atoms with E-state index < -0.39 is 0 Å². The molecule has 4 rings (SSSR count). The van der Waals surface area contributed by atoms with E-state index in [2.05, 4.69) is 21.8 Å². The second-order valence-electron chi connectivity index (χ2n) is 7.29. The van der Waals surface area contributed by atoms with Gasteiger partial charge in [-0.05, 0) is 30.2 Å². The van der Waals surface area contributed by atoms with Gasteiger partial charge in [-0.2, -0.15) is 0 Å². The summed E-state index contributed by atoms with van der Waals surface area (Å²) in [7, 11) is 0. The van der Waals surface area contributed by atoms with Crippen LogP contribution in [0.25, 0.3) is 0 Å². The summed E-state index contributed by atoms with van der Waals surface area (Å²) < 4.78 is 0. The Labute approximate surface area is 165 Å². The molecule has 7 heteroatoms. The smallest absolute Gasteiger partial charge is 0.228 e. The molecule has 0 saturated carbocycles. The van der Waals surface area contributed by atoms with Crippen molar-refractivity contribution in [3.8, 4) is 0 Å². The number of benzene rings is 1. The lowest BCUT2D eigenvalue weighted by atomic mass is 10.1. The van der Waals surface area contributed by atoms with E-state index in [1.165, 1.54) is 5.56 Å². The first-order valence-corrected chi connectivity index (χ1v) is 9.85. The molecule has 2 amide bonds. The number of anilines is 2. The summed E-state index contributed by atoms with van der Waals surface area (Å²) in [6, 6.07) is 9.83. The highest BCUT2D eigenvalue weighted by Gasteiger charge is 2.38. The van der Waals surface area contributed by atoms with Crippen LogP contribution < -0.4 is 9.80 Å². The Morgan fingerprint density at radius 2 is 1.75 bits per heavy atom. The van der Waals surface area contributed by atoms with Crippen molar-refractivity contribution in [2.75, 3.05) is 42.5 Å². The fourth-order valence-electron chi connectivity index (χ4n) is 3.87. The normalized spacial score (nSPS) is 20.0. The Hall–Kier alpha value is -2.96. The molecule has 0 bridgehead atoms. The van der Waals surface area contributed by atoms with Gasteiger partial charge in [-0.15, -0.1) is 0 Å². The summed E-state index contributed by atoms with van der Waals surface area (Å²) >= 11 is 0. The van der Waals surface area contributed by atoms with Gasteiger partial charge in [0.2, 0.25) is 17.8 Å². The molecule has 2 saturated heterocycles. The summed E-state index contributed by atoms with van der Waals surface area (Å²) in [5.74, 6) is 0.541. The number of nitrogens with zero attached hydrogens (tertiary/aromatic N) is 5. The first kappa shape index (κ1) is 18.4. The molecular formula is C21H25N5O2. The largest absolute Gasteiger partial charge is 0.339 e. The number of hydrogen-bond donors (Lipinski definition) is 0. The number of carbonyl (C=O) groups excluding carboxylic acids is 2. The third-order valence-corrected chi connectivity index (χ3v) is 5.56. The molecule has 146 valence electrons. The molecule has 1 aromatic carbocycles. The van der Waals surface area contributed by atoms with Gasteiger partial charge in [0.1, 0.15) is 0 Å². The lowest BCUT2D eigenvalue weighted by Crippen LogP contribution is -2.51. The lowest BCUT2D eigenvalue weighted by molar-refractivity contribution is -0.136. The highest BCUT2D eigenvalue weighted by Crippen LogP contribution is 2.27. The molecule has 2 fully saturated rings. The van der Waals surface area contributed by atoms with E-state index in [1.54, 1.807) is 23.4 Å². The van der Waals surface area contributed by atoms with Crippen molar-refractivity contribution in [3.05, 3.63) is 48.3 Å². The molecule has 0 N–H and O–H groups in total. The monoisotopic (exact) mass is 379 g/mol. The van der Waals surface area contributed by atoms with Crippen LogP contribution in [0, 0.1) is 5.92 Å². The molecule has 1 atom stereocenters. The van der Waals surface area contributed by atoms with Gasteiger partial charge in [-0.25, -0.2) is 9.97 Å². The third-order valence-electron chi connectivity index (χ3n) is 5.56. The van der Waals surface area contributed by atoms with Crippen LogP contribution in [0.3, 0.4) is 0 Å². The van der Waals surface area contributed by atoms with Crippen LogP contribution >= 0.6 is 0 Å². The van der Waals surface area contributed by atoms with Crippen molar-refractivity contribution in [3.63, 3.8) is 0 Å². The van der Waals surface area contributed by atoms with Crippen LogP contribution in [-0.4, -0.2) is 59.4 Å². The predicted molar refractivity (Wildman–Crippen MR) is 107 cm³/mol. The average Bonchev–Trinajstić information content (AvgIpc) is 3.15. The van der Waals surface area contributed by atoms with Gasteiger partial charge in [0.25, 0.3) is 0 Å². The Balaban J connectivity index is 1.36. The quantitative estimate of drug-likeness (QED) is 0.809. The molecule has 7 nitrogen and oxygen atoms in total. The molecule has 0 spiro atoms. The first-order chi connectivity index (χ1) is 13.7. The zero-order valence-corrected chi connectivity index (χ0v) is 16.1. The Morgan fingerprint density at radius 1 is 1.07 bits per heavy atom. The van der Waals surface area contributed by atoms with Crippen molar-refractivity contribution in [1.82, 2.24) is 14.9 Å². The molecule has 0 aliphatic carbocycles. The molecule has 2 aliphatic rings. The van der Waals surface area contributed by atoms with E-state index in [9.17, 15) is 9.59 Å². The Morgan fingerprint density at radius 3 is 2.39 bits per heavy atom. The van der Waals surface area contributed by atoms with E-state index in [0.717, 1.165) is 12.1 Å². The summed E-state index contributed by atoms with van der Waals surface area (Å²) in [6.45, 7) is 5.25. The van der Waals surface area contributed by atoms with Crippen LogP contribution in [0.4, 0.5) is 11.6 Å². The van der Waals surface area contributed by atoms with Crippen molar-refractivity contribution >= 4 is 23.5 Å². The second kappa shape index (κ2) is 7.96. The molecule has 1 aromatic heterocycles. The summed E-state index contributed by atoms with van der Waals surface area (Å²) in [5.41, 5.74) is 2.12. The molecule has 0 radical (unpaired) electrons. The molecule has 2 aliphatic heterocycles. The number of aryl methyl sites for hydroxylation is 1. The summed E-state index contributed by atoms with van der Waals surface area (Å²) in [5, 5.41) is 0. The summed E-state index contributed by atoms with van der Waals surface area (Å²) in [4.78, 5) is 39.7. The fraction of sp³-hybridized carbons (Fsp3) is 0.429. The highest BCUT2D eigenvalue weighted by molar-refractivity contribution is 6.00. The van der Waals surface area contributed by atoms with Crippen LogP contribution in [0.15, 0.2) is 42.7 Å². The minimum atomic E-state index is -0.266. The highest BCUT2D eigenvalue weighted by atomic mass is 16.2. The van der Waals surface area contributed by atoms with Gasteiger partial charge < -0.3 is 14.7 Å².